The Morgan fingerprint density at radius 1 is 1.25 bits per heavy atom. The highest BCUT2D eigenvalue weighted by molar-refractivity contribution is 5.82. The van der Waals surface area contributed by atoms with E-state index in [0.717, 1.165) is 11.4 Å². The Kier molecular flexibility index (Phi) is 2.37. The lowest BCUT2D eigenvalue weighted by atomic mass is 9.98. The minimum atomic E-state index is 0.493. The molecule has 0 spiro atoms. The van der Waals surface area contributed by atoms with E-state index >= 15 is 0 Å². The van der Waals surface area contributed by atoms with Crippen LogP contribution in [-0.4, -0.2) is 12.0 Å². The normalized spacial score (nSPS) is 17.6. The summed E-state index contributed by atoms with van der Waals surface area (Å²) in [5.74, 6) is 0.816. The van der Waals surface area contributed by atoms with Crippen LogP contribution in [0.4, 0.5) is 0 Å². The average Bonchev–Trinajstić information content (AvgIpc) is 3.15. The molecule has 1 N–H and O–H groups in total. The Bertz CT molecular complexity index is 498. The van der Waals surface area contributed by atoms with Gasteiger partial charge in [0.15, 0.2) is 0 Å². The second-order valence-electron chi connectivity index (χ2n) is 4.52. The smallest absolute Gasteiger partial charge is 0.0705 e. The van der Waals surface area contributed by atoms with E-state index in [1.165, 1.54) is 23.8 Å². The monoisotopic (exact) mass is 212 g/mol. The van der Waals surface area contributed by atoms with Crippen molar-refractivity contribution in [1.29, 1.82) is 0 Å². The number of hydrogen-bond acceptors (Lipinski definition) is 2. The topological polar surface area (TPSA) is 24.9 Å². The lowest BCUT2D eigenvalue weighted by Gasteiger charge is -2.17. The molecule has 0 aliphatic heterocycles. The standard InChI is InChI=1S/C14H16N2/c1-15-14(10-7-8-10)12-4-2-6-13-11(12)5-3-9-16-13/h2-6,9-10,14-15H,7-8H2,1H3. The molecule has 1 atom stereocenters. The summed E-state index contributed by atoms with van der Waals surface area (Å²) in [5, 5.41) is 4.73. The number of aromatic nitrogens is 1. The van der Waals surface area contributed by atoms with Gasteiger partial charge < -0.3 is 5.32 Å². The molecule has 2 aromatic rings. The highest BCUT2D eigenvalue weighted by Crippen LogP contribution is 2.42. The van der Waals surface area contributed by atoms with Gasteiger partial charge in [0, 0.05) is 17.6 Å². The van der Waals surface area contributed by atoms with Gasteiger partial charge in [-0.2, -0.15) is 0 Å². The van der Waals surface area contributed by atoms with E-state index in [-0.39, 0.29) is 0 Å². The number of benzene rings is 1. The molecule has 0 amide bonds. The van der Waals surface area contributed by atoms with Crippen molar-refractivity contribution < 1.29 is 0 Å². The van der Waals surface area contributed by atoms with Gasteiger partial charge in [-0.05, 0) is 43.5 Å². The second-order valence-corrected chi connectivity index (χ2v) is 4.52. The van der Waals surface area contributed by atoms with Crippen molar-refractivity contribution >= 4 is 10.9 Å². The molecule has 1 aliphatic carbocycles. The summed E-state index contributed by atoms with van der Waals surface area (Å²) < 4.78 is 0. The first-order chi connectivity index (χ1) is 7.90. The third kappa shape index (κ3) is 1.59. The summed E-state index contributed by atoms with van der Waals surface area (Å²) in [6.45, 7) is 0. The summed E-state index contributed by atoms with van der Waals surface area (Å²) >= 11 is 0. The predicted molar refractivity (Wildman–Crippen MR) is 66.3 cm³/mol. The summed E-state index contributed by atoms with van der Waals surface area (Å²) in [6.07, 6.45) is 4.56. The molecule has 0 radical (unpaired) electrons. The lowest BCUT2D eigenvalue weighted by molar-refractivity contribution is 0.532. The zero-order chi connectivity index (χ0) is 11.0. The van der Waals surface area contributed by atoms with Gasteiger partial charge in [0.05, 0.1) is 5.52 Å². The van der Waals surface area contributed by atoms with E-state index in [1.807, 2.05) is 12.3 Å². The van der Waals surface area contributed by atoms with Crippen LogP contribution < -0.4 is 5.32 Å². The van der Waals surface area contributed by atoms with E-state index < -0.39 is 0 Å². The van der Waals surface area contributed by atoms with Crippen LogP contribution in [0.15, 0.2) is 36.5 Å². The van der Waals surface area contributed by atoms with Crippen molar-refractivity contribution in [2.75, 3.05) is 7.05 Å². The van der Waals surface area contributed by atoms with Gasteiger partial charge in [0.1, 0.15) is 0 Å². The van der Waals surface area contributed by atoms with Crippen LogP contribution >= 0.6 is 0 Å². The lowest BCUT2D eigenvalue weighted by Crippen LogP contribution is -2.18. The van der Waals surface area contributed by atoms with Crippen LogP contribution in [0.2, 0.25) is 0 Å². The zero-order valence-electron chi connectivity index (χ0n) is 9.48. The molecule has 0 saturated heterocycles. The molecular weight excluding hydrogens is 196 g/mol. The molecule has 1 saturated carbocycles. The van der Waals surface area contributed by atoms with Crippen LogP contribution in [0.25, 0.3) is 10.9 Å². The van der Waals surface area contributed by atoms with Gasteiger partial charge in [-0.15, -0.1) is 0 Å². The maximum Gasteiger partial charge on any atom is 0.0705 e. The molecule has 1 fully saturated rings. The first kappa shape index (κ1) is 9.79. The molecular formula is C14H16N2. The van der Waals surface area contributed by atoms with Crippen molar-refractivity contribution in [1.82, 2.24) is 10.3 Å². The first-order valence-corrected chi connectivity index (χ1v) is 5.91. The number of hydrogen-bond donors (Lipinski definition) is 1. The van der Waals surface area contributed by atoms with E-state index in [0.29, 0.717) is 6.04 Å². The number of rotatable bonds is 3. The molecule has 82 valence electrons. The van der Waals surface area contributed by atoms with E-state index in [2.05, 4.69) is 41.6 Å². The third-order valence-corrected chi connectivity index (χ3v) is 3.42. The Morgan fingerprint density at radius 2 is 2.12 bits per heavy atom. The quantitative estimate of drug-likeness (QED) is 0.846. The van der Waals surface area contributed by atoms with E-state index in [9.17, 15) is 0 Å². The number of nitrogens with zero attached hydrogens (tertiary/aromatic N) is 1. The summed E-state index contributed by atoms with van der Waals surface area (Å²) in [6, 6.07) is 11.1. The summed E-state index contributed by atoms with van der Waals surface area (Å²) in [4.78, 5) is 4.41. The van der Waals surface area contributed by atoms with Crippen LogP contribution in [0.3, 0.4) is 0 Å². The molecule has 2 nitrogen and oxygen atoms in total. The van der Waals surface area contributed by atoms with Gasteiger partial charge in [0.2, 0.25) is 0 Å². The number of nitrogens with one attached hydrogen (secondary N) is 1. The van der Waals surface area contributed by atoms with Crippen molar-refractivity contribution in [2.45, 2.75) is 18.9 Å². The fraction of sp³-hybridized carbons (Fsp3) is 0.357. The van der Waals surface area contributed by atoms with Gasteiger partial charge in [0.25, 0.3) is 0 Å². The molecule has 1 unspecified atom stereocenters. The second kappa shape index (κ2) is 3.87. The maximum atomic E-state index is 4.41. The van der Waals surface area contributed by atoms with Crippen molar-refractivity contribution in [3.05, 3.63) is 42.1 Å². The van der Waals surface area contributed by atoms with Gasteiger partial charge in [-0.1, -0.05) is 18.2 Å². The highest BCUT2D eigenvalue weighted by Gasteiger charge is 2.31. The summed E-state index contributed by atoms with van der Waals surface area (Å²) in [7, 11) is 2.05. The minimum Gasteiger partial charge on any atom is -0.313 e. The largest absolute Gasteiger partial charge is 0.313 e. The zero-order valence-corrected chi connectivity index (χ0v) is 9.48. The predicted octanol–water partition coefficient (Wildman–Crippen LogP) is 2.91. The fourth-order valence-electron chi connectivity index (χ4n) is 2.47. The third-order valence-electron chi connectivity index (χ3n) is 3.42. The Labute approximate surface area is 95.7 Å². The first-order valence-electron chi connectivity index (χ1n) is 5.91. The SMILES string of the molecule is CNC(c1cccc2ncccc12)C1CC1. The molecule has 16 heavy (non-hydrogen) atoms. The van der Waals surface area contributed by atoms with Crippen LogP contribution in [-0.2, 0) is 0 Å². The number of fused-ring (bicyclic) bond motifs is 1. The van der Waals surface area contributed by atoms with Gasteiger partial charge in [-0.3, -0.25) is 4.98 Å². The van der Waals surface area contributed by atoms with Crippen LogP contribution in [0, 0.1) is 5.92 Å². The average molecular weight is 212 g/mol. The Morgan fingerprint density at radius 3 is 2.88 bits per heavy atom. The molecule has 2 heteroatoms. The highest BCUT2D eigenvalue weighted by atomic mass is 14.9. The van der Waals surface area contributed by atoms with Crippen LogP contribution in [0.5, 0.6) is 0 Å². The maximum absolute atomic E-state index is 4.41. The molecule has 1 aromatic heterocycles. The Hall–Kier alpha value is -1.41. The number of pyridine rings is 1. The molecule has 0 bridgehead atoms. The van der Waals surface area contributed by atoms with Gasteiger partial charge in [-0.25, -0.2) is 0 Å². The van der Waals surface area contributed by atoms with Crippen molar-refractivity contribution in [2.24, 2.45) is 5.92 Å². The molecule has 1 aromatic carbocycles. The summed E-state index contributed by atoms with van der Waals surface area (Å²) in [5.41, 5.74) is 2.50. The molecule has 1 aliphatic rings. The minimum absolute atomic E-state index is 0.493. The molecule has 1 heterocycles. The Balaban J connectivity index is 2.14. The van der Waals surface area contributed by atoms with Gasteiger partial charge >= 0.3 is 0 Å². The molecule has 3 rings (SSSR count). The van der Waals surface area contributed by atoms with E-state index in [1.54, 1.807) is 0 Å². The fourth-order valence-corrected chi connectivity index (χ4v) is 2.47. The van der Waals surface area contributed by atoms with E-state index in [4.69, 9.17) is 0 Å². The van der Waals surface area contributed by atoms with Crippen LogP contribution in [0.1, 0.15) is 24.4 Å². The van der Waals surface area contributed by atoms with Crippen molar-refractivity contribution in [3.63, 3.8) is 0 Å². The van der Waals surface area contributed by atoms with Crippen molar-refractivity contribution in [3.8, 4) is 0 Å².